The third-order valence-corrected chi connectivity index (χ3v) is 3.00. The van der Waals surface area contributed by atoms with E-state index in [0.717, 1.165) is 12.1 Å². The molecule has 1 aromatic carbocycles. The number of rotatable bonds is 6. The number of carbonyl (C=O) groups is 1. The summed E-state index contributed by atoms with van der Waals surface area (Å²) in [6.45, 7) is 3.10. The number of nitrogens with zero attached hydrogens (tertiary/aromatic N) is 2. The van der Waals surface area contributed by atoms with Crippen LogP contribution in [0.3, 0.4) is 0 Å². The summed E-state index contributed by atoms with van der Waals surface area (Å²) in [5.74, 6) is 0.0801. The Kier molecular flexibility index (Phi) is 6.16. The molecule has 2 aromatic rings. The van der Waals surface area contributed by atoms with Gasteiger partial charge in [0.05, 0.1) is 5.56 Å². The Morgan fingerprint density at radius 3 is 2.35 bits per heavy atom. The molecule has 2 rings (SSSR count). The fourth-order valence-electron chi connectivity index (χ4n) is 1.75. The molecule has 138 valence electrons. The summed E-state index contributed by atoms with van der Waals surface area (Å²) in [7, 11) is 0. The molecule has 1 atom stereocenters. The zero-order valence-corrected chi connectivity index (χ0v) is 13.9. The number of hydrogen-bond acceptors (Lipinski definition) is 6. The van der Waals surface area contributed by atoms with Crippen LogP contribution in [0.15, 0.2) is 47.8 Å². The molecule has 0 N–H and O–H groups in total. The van der Waals surface area contributed by atoms with Gasteiger partial charge in [0.25, 0.3) is 0 Å². The highest BCUT2D eigenvalue weighted by Crippen LogP contribution is 2.30. The van der Waals surface area contributed by atoms with Gasteiger partial charge in [-0.3, -0.25) is 0 Å². The van der Waals surface area contributed by atoms with Crippen molar-refractivity contribution < 1.29 is 32.3 Å². The Bertz CT molecular complexity index is 759. The van der Waals surface area contributed by atoms with Crippen molar-refractivity contribution >= 4 is 12.2 Å². The number of hydrogen-bond donors (Lipinski definition) is 0. The largest absolute Gasteiger partial charge is 0.479 e. The van der Waals surface area contributed by atoms with Crippen molar-refractivity contribution in [2.75, 3.05) is 0 Å². The van der Waals surface area contributed by atoms with E-state index in [9.17, 15) is 18.0 Å². The van der Waals surface area contributed by atoms with E-state index in [4.69, 9.17) is 9.47 Å². The molecule has 6 nitrogen and oxygen atoms in total. The minimum absolute atomic E-state index is 0.0149. The van der Waals surface area contributed by atoms with Crippen LogP contribution in [-0.2, 0) is 15.8 Å². The van der Waals surface area contributed by atoms with Crippen LogP contribution in [0.1, 0.15) is 19.4 Å². The molecule has 9 heteroatoms. The number of ether oxygens (including phenoxy) is 2. The molecular formula is C17H15F3N2O4. The highest BCUT2D eigenvalue weighted by Gasteiger charge is 2.30. The number of halogens is 3. The van der Waals surface area contributed by atoms with Crippen LogP contribution in [-0.4, -0.2) is 23.3 Å². The highest BCUT2D eigenvalue weighted by atomic mass is 19.4. The fraction of sp³-hybridized carbons (Fsp3) is 0.235. The second-order valence-corrected chi connectivity index (χ2v) is 4.99. The van der Waals surface area contributed by atoms with Gasteiger partial charge >= 0.3 is 12.1 Å². The molecule has 0 saturated heterocycles. The van der Waals surface area contributed by atoms with E-state index < -0.39 is 23.8 Å². The maximum Gasteiger partial charge on any atom is 0.417 e. The van der Waals surface area contributed by atoms with E-state index in [1.54, 1.807) is 6.92 Å². The lowest BCUT2D eigenvalue weighted by atomic mass is 10.3. The molecule has 0 aliphatic heterocycles. The number of aromatic nitrogens is 1. The van der Waals surface area contributed by atoms with E-state index in [1.807, 2.05) is 0 Å². The minimum Gasteiger partial charge on any atom is -0.479 e. The quantitative estimate of drug-likeness (QED) is 0.434. The van der Waals surface area contributed by atoms with Gasteiger partial charge in [0, 0.05) is 18.5 Å². The molecule has 0 radical (unpaired) electrons. The maximum absolute atomic E-state index is 12.5. The van der Waals surface area contributed by atoms with E-state index in [0.29, 0.717) is 17.7 Å². The van der Waals surface area contributed by atoms with Crippen molar-refractivity contribution in [3.05, 3.63) is 48.2 Å². The second-order valence-electron chi connectivity index (χ2n) is 4.99. The molecule has 0 aliphatic rings. The van der Waals surface area contributed by atoms with Gasteiger partial charge in [-0.2, -0.15) is 13.2 Å². The van der Waals surface area contributed by atoms with Crippen LogP contribution >= 0.6 is 0 Å². The molecule has 0 saturated carbocycles. The van der Waals surface area contributed by atoms with Crippen molar-refractivity contribution in [3.8, 4) is 17.4 Å². The Labute approximate surface area is 147 Å². The number of pyridine rings is 1. The standard InChI is InChI=1S/C17H15F3N2O4/c1-3-22-26-16(23)11(2)24-13-5-7-14(8-6-13)25-15-9-4-12(10-21-15)17(18,19)20/h3-11H,1-2H3. The SMILES string of the molecule is CC=NOC(=O)C(C)Oc1ccc(Oc2ccc(C(F)(F)F)cn2)cc1. The number of alkyl halides is 3. The molecule has 26 heavy (non-hydrogen) atoms. The average molecular weight is 368 g/mol. The Morgan fingerprint density at radius 1 is 1.15 bits per heavy atom. The summed E-state index contributed by atoms with van der Waals surface area (Å²) in [5, 5.41) is 3.36. The summed E-state index contributed by atoms with van der Waals surface area (Å²) < 4.78 is 48.2. The molecule has 1 heterocycles. The molecule has 1 unspecified atom stereocenters. The van der Waals surface area contributed by atoms with Crippen LogP contribution in [0.4, 0.5) is 13.2 Å². The third kappa shape index (κ3) is 5.47. The van der Waals surface area contributed by atoms with Crippen LogP contribution in [0.2, 0.25) is 0 Å². The number of oxime groups is 1. The van der Waals surface area contributed by atoms with Crippen molar-refractivity contribution in [2.24, 2.45) is 5.16 Å². The molecule has 1 aromatic heterocycles. The topological polar surface area (TPSA) is 70.0 Å². The van der Waals surface area contributed by atoms with Crippen LogP contribution in [0.5, 0.6) is 17.4 Å². The van der Waals surface area contributed by atoms with Crippen LogP contribution in [0.25, 0.3) is 0 Å². The summed E-state index contributed by atoms with van der Waals surface area (Å²) in [6.07, 6.45) is -3.31. The molecule has 0 fully saturated rings. The smallest absolute Gasteiger partial charge is 0.417 e. The third-order valence-electron chi connectivity index (χ3n) is 3.00. The summed E-state index contributed by atoms with van der Waals surface area (Å²) >= 11 is 0. The van der Waals surface area contributed by atoms with Crippen molar-refractivity contribution in [1.82, 2.24) is 4.98 Å². The van der Waals surface area contributed by atoms with Gasteiger partial charge < -0.3 is 14.3 Å². The minimum atomic E-state index is -4.45. The lowest BCUT2D eigenvalue weighted by Gasteiger charge is -2.12. The maximum atomic E-state index is 12.5. The van der Waals surface area contributed by atoms with E-state index in [1.165, 1.54) is 37.4 Å². The predicted octanol–water partition coefficient (Wildman–Crippen LogP) is 4.21. The lowest BCUT2D eigenvalue weighted by Crippen LogP contribution is -2.24. The van der Waals surface area contributed by atoms with Crippen LogP contribution in [0, 0.1) is 0 Å². The zero-order valence-electron chi connectivity index (χ0n) is 13.9. The van der Waals surface area contributed by atoms with Gasteiger partial charge in [-0.25, -0.2) is 9.78 Å². The normalized spacial score (nSPS) is 12.7. The van der Waals surface area contributed by atoms with Gasteiger partial charge in [-0.15, -0.1) is 0 Å². The summed E-state index contributed by atoms with van der Waals surface area (Å²) in [5.41, 5.74) is -0.859. The first kappa shape index (κ1) is 19.2. The molecule has 0 amide bonds. The van der Waals surface area contributed by atoms with E-state index >= 15 is 0 Å². The zero-order chi connectivity index (χ0) is 19.2. The predicted molar refractivity (Wildman–Crippen MR) is 86.1 cm³/mol. The van der Waals surface area contributed by atoms with Crippen molar-refractivity contribution in [2.45, 2.75) is 26.1 Å². The second kappa shape index (κ2) is 8.32. The van der Waals surface area contributed by atoms with E-state index in [-0.39, 0.29) is 5.88 Å². The molecule has 0 spiro atoms. The van der Waals surface area contributed by atoms with Gasteiger partial charge in [0.2, 0.25) is 5.88 Å². The first-order valence-corrected chi connectivity index (χ1v) is 7.46. The highest BCUT2D eigenvalue weighted by molar-refractivity contribution is 5.75. The first-order valence-electron chi connectivity index (χ1n) is 7.46. The van der Waals surface area contributed by atoms with Crippen LogP contribution < -0.4 is 9.47 Å². The summed E-state index contributed by atoms with van der Waals surface area (Å²) in [4.78, 5) is 19.7. The Balaban J connectivity index is 1.96. The molecular weight excluding hydrogens is 353 g/mol. The summed E-state index contributed by atoms with van der Waals surface area (Å²) in [6, 6.07) is 8.12. The number of benzene rings is 1. The molecule has 0 aliphatic carbocycles. The van der Waals surface area contributed by atoms with Gasteiger partial charge in [0.15, 0.2) is 6.10 Å². The van der Waals surface area contributed by atoms with Crippen molar-refractivity contribution in [3.63, 3.8) is 0 Å². The Hall–Kier alpha value is -3.10. The fourth-order valence-corrected chi connectivity index (χ4v) is 1.75. The van der Waals surface area contributed by atoms with Gasteiger partial charge in [-0.1, -0.05) is 5.16 Å². The monoisotopic (exact) mass is 368 g/mol. The number of carbonyl (C=O) groups excluding carboxylic acids is 1. The van der Waals surface area contributed by atoms with Crippen molar-refractivity contribution in [1.29, 1.82) is 0 Å². The molecule has 0 bridgehead atoms. The Morgan fingerprint density at radius 2 is 1.81 bits per heavy atom. The van der Waals surface area contributed by atoms with Gasteiger partial charge in [0.1, 0.15) is 11.5 Å². The van der Waals surface area contributed by atoms with E-state index in [2.05, 4.69) is 15.0 Å². The lowest BCUT2D eigenvalue weighted by molar-refractivity contribution is -0.151. The first-order chi connectivity index (χ1) is 12.3. The average Bonchev–Trinajstić information content (AvgIpc) is 2.61. The van der Waals surface area contributed by atoms with Gasteiger partial charge in [-0.05, 0) is 44.2 Å².